The fraction of sp³-hybridized carbons (Fsp3) is 0.250. The first-order valence-electron chi connectivity index (χ1n) is 7.30. The van der Waals surface area contributed by atoms with Crippen molar-refractivity contribution < 1.29 is 14.4 Å². The van der Waals surface area contributed by atoms with Crippen molar-refractivity contribution in [3.05, 3.63) is 47.0 Å². The maximum atomic E-state index is 12.7. The van der Waals surface area contributed by atoms with Crippen LogP contribution in [0.4, 0.5) is 5.13 Å². The van der Waals surface area contributed by atoms with E-state index in [1.807, 2.05) is 30.3 Å². The summed E-state index contributed by atoms with van der Waals surface area (Å²) >= 11 is 1.17. The van der Waals surface area contributed by atoms with Crippen LogP contribution < -0.4 is 11.1 Å². The summed E-state index contributed by atoms with van der Waals surface area (Å²) in [5.41, 5.74) is 6.36. The Bertz CT molecular complexity index is 730. The highest BCUT2D eigenvalue weighted by Gasteiger charge is 2.20. The highest BCUT2D eigenvalue weighted by Crippen LogP contribution is 2.18. The number of amides is 3. The molecule has 1 aromatic carbocycles. The van der Waals surface area contributed by atoms with E-state index in [1.54, 1.807) is 5.38 Å². The van der Waals surface area contributed by atoms with Gasteiger partial charge in [0.1, 0.15) is 5.69 Å². The van der Waals surface area contributed by atoms with Crippen molar-refractivity contribution in [2.75, 3.05) is 11.9 Å². The van der Waals surface area contributed by atoms with Crippen LogP contribution in [0.25, 0.3) is 0 Å². The Morgan fingerprint density at radius 3 is 2.58 bits per heavy atom. The van der Waals surface area contributed by atoms with E-state index in [0.29, 0.717) is 11.7 Å². The Morgan fingerprint density at radius 1 is 1.25 bits per heavy atom. The third kappa shape index (κ3) is 5.17. The lowest BCUT2D eigenvalue weighted by Gasteiger charge is -2.21. The summed E-state index contributed by atoms with van der Waals surface area (Å²) in [4.78, 5) is 40.4. The van der Waals surface area contributed by atoms with Gasteiger partial charge in [0.05, 0.1) is 0 Å². The topological polar surface area (TPSA) is 105 Å². The number of primary amides is 1. The molecule has 3 amide bonds. The van der Waals surface area contributed by atoms with Gasteiger partial charge in [0.15, 0.2) is 5.13 Å². The zero-order chi connectivity index (χ0) is 17.5. The van der Waals surface area contributed by atoms with E-state index in [1.165, 1.54) is 23.2 Å². The number of nitrogens with one attached hydrogen (secondary N) is 1. The summed E-state index contributed by atoms with van der Waals surface area (Å²) in [5.74, 6) is -1.04. The van der Waals surface area contributed by atoms with Crippen LogP contribution >= 0.6 is 11.3 Å². The zero-order valence-corrected chi connectivity index (χ0v) is 14.0. The van der Waals surface area contributed by atoms with Gasteiger partial charge in [-0.3, -0.25) is 14.4 Å². The van der Waals surface area contributed by atoms with Crippen molar-refractivity contribution in [1.82, 2.24) is 9.88 Å². The van der Waals surface area contributed by atoms with Gasteiger partial charge in [-0.1, -0.05) is 30.3 Å². The van der Waals surface area contributed by atoms with Crippen LogP contribution in [0.5, 0.6) is 0 Å². The first-order chi connectivity index (χ1) is 11.5. The number of carbonyl (C=O) groups is 3. The van der Waals surface area contributed by atoms with Crippen molar-refractivity contribution >= 4 is 34.2 Å². The molecule has 0 aliphatic rings. The number of hydrogen-bond donors (Lipinski definition) is 2. The Hall–Kier alpha value is -2.74. The van der Waals surface area contributed by atoms with Crippen molar-refractivity contribution in [3.8, 4) is 0 Å². The second-order valence-corrected chi connectivity index (χ2v) is 6.01. The van der Waals surface area contributed by atoms with Gasteiger partial charge in [-0.05, 0) is 5.56 Å². The molecule has 0 saturated heterocycles. The van der Waals surface area contributed by atoms with Crippen molar-refractivity contribution in [2.24, 2.45) is 5.73 Å². The number of rotatable bonds is 7. The Balaban J connectivity index is 2.15. The van der Waals surface area contributed by atoms with Crippen LogP contribution in [0, 0.1) is 0 Å². The minimum atomic E-state index is -0.474. The molecular weight excluding hydrogens is 328 g/mol. The standard InChI is InChI=1S/C16H18N4O3S/c1-11(21)18-16-19-13(10-24-16)15(23)20(8-7-14(17)22)9-12-5-3-2-4-6-12/h2-6,10H,7-9H2,1H3,(H2,17,22)(H,18,19,21). The van der Waals surface area contributed by atoms with E-state index in [4.69, 9.17) is 5.73 Å². The smallest absolute Gasteiger partial charge is 0.273 e. The van der Waals surface area contributed by atoms with Crippen molar-refractivity contribution in [2.45, 2.75) is 19.9 Å². The molecule has 0 aliphatic heterocycles. The lowest BCUT2D eigenvalue weighted by molar-refractivity contribution is -0.118. The molecule has 0 aliphatic carbocycles. The van der Waals surface area contributed by atoms with E-state index in [0.717, 1.165) is 5.56 Å². The molecule has 0 spiro atoms. The number of nitrogens with two attached hydrogens (primary N) is 1. The molecular formula is C16H18N4O3S. The minimum Gasteiger partial charge on any atom is -0.370 e. The summed E-state index contributed by atoms with van der Waals surface area (Å²) in [6, 6.07) is 9.44. The second-order valence-electron chi connectivity index (χ2n) is 5.15. The number of anilines is 1. The molecule has 8 heteroatoms. The van der Waals surface area contributed by atoms with E-state index in [-0.39, 0.29) is 30.5 Å². The molecule has 24 heavy (non-hydrogen) atoms. The van der Waals surface area contributed by atoms with Crippen LogP contribution in [0.2, 0.25) is 0 Å². The molecule has 2 aromatic rings. The van der Waals surface area contributed by atoms with E-state index in [9.17, 15) is 14.4 Å². The van der Waals surface area contributed by atoms with E-state index < -0.39 is 5.91 Å². The van der Waals surface area contributed by atoms with Crippen LogP contribution in [-0.2, 0) is 16.1 Å². The number of aromatic nitrogens is 1. The number of hydrogen-bond acceptors (Lipinski definition) is 5. The maximum Gasteiger partial charge on any atom is 0.273 e. The van der Waals surface area contributed by atoms with Gasteiger partial charge < -0.3 is 16.0 Å². The summed E-state index contributed by atoms with van der Waals surface area (Å²) in [5, 5.41) is 4.48. The van der Waals surface area contributed by atoms with E-state index >= 15 is 0 Å². The Kier molecular flexibility index (Phi) is 6.02. The third-order valence-corrected chi connectivity index (χ3v) is 3.90. The molecule has 3 N–H and O–H groups in total. The first-order valence-corrected chi connectivity index (χ1v) is 8.18. The van der Waals surface area contributed by atoms with Crippen LogP contribution in [0.3, 0.4) is 0 Å². The monoisotopic (exact) mass is 346 g/mol. The number of thiazole rings is 1. The number of carbonyl (C=O) groups excluding carboxylic acids is 3. The summed E-state index contributed by atoms with van der Waals surface area (Å²) < 4.78 is 0. The summed E-state index contributed by atoms with van der Waals surface area (Å²) in [6.45, 7) is 1.92. The average molecular weight is 346 g/mol. The molecule has 126 valence electrons. The van der Waals surface area contributed by atoms with Crippen LogP contribution in [0.15, 0.2) is 35.7 Å². The number of benzene rings is 1. The molecule has 0 radical (unpaired) electrons. The van der Waals surface area contributed by atoms with Gasteiger partial charge in [0.2, 0.25) is 11.8 Å². The lowest BCUT2D eigenvalue weighted by Crippen LogP contribution is -2.33. The molecule has 1 aromatic heterocycles. The molecule has 7 nitrogen and oxygen atoms in total. The SMILES string of the molecule is CC(=O)Nc1nc(C(=O)N(CCC(N)=O)Cc2ccccc2)cs1. The zero-order valence-electron chi connectivity index (χ0n) is 13.2. The van der Waals surface area contributed by atoms with Crippen molar-refractivity contribution in [3.63, 3.8) is 0 Å². The van der Waals surface area contributed by atoms with Gasteiger partial charge >= 0.3 is 0 Å². The predicted molar refractivity (Wildman–Crippen MR) is 91.4 cm³/mol. The van der Waals surface area contributed by atoms with Crippen LogP contribution in [-0.4, -0.2) is 34.2 Å². The maximum absolute atomic E-state index is 12.7. The highest BCUT2D eigenvalue weighted by atomic mass is 32.1. The third-order valence-electron chi connectivity index (χ3n) is 3.14. The fourth-order valence-electron chi connectivity index (χ4n) is 2.04. The van der Waals surface area contributed by atoms with Gasteiger partial charge in [-0.2, -0.15) is 0 Å². The summed E-state index contributed by atoms with van der Waals surface area (Å²) in [7, 11) is 0. The molecule has 1 heterocycles. The number of nitrogens with zero attached hydrogens (tertiary/aromatic N) is 2. The molecule has 0 unspecified atom stereocenters. The van der Waals surface area contributed by atoms with Crippen LogP contribution in [0.1, 0.15) is 29.4 Å². The molecule has 0 bridgehead atoms. The highest BCUT2D eigenvalue weighted by molar-refractivity contribution is 7.14. The lowest BCUT2D eigenvalue weighted by atomic mass is 10.2. The quantitative estimate of drug-likeness (QED) is 0.794. The van der Waals surface area contributed by atoms with Gasteiger partial charge in [0, 0.05) is 31.8 Å². The Morgan fingerprint density at radius 2 is 1.96 bits per heavy atom. The summed E-state index contributed by atoms with van der Waals surface area (Å²) in [6.07, 6.45) is 0.0707. The molecule has 0 fully saturated rings. The van der Waals surface area contributed by atoms with E-state index in [2.05, 4.69) is 10.3 Å². The molecule has 2 rings (SSSR count). The van der Waals surface area contributed by atoms with Gasteiger partial charge in [0.25, 0.3) is 5.91 Å². The molecule has 0 atom stereocenters. The Labute approximate surface area is 143 Å². The minimum absolute atomic E-state index is 0.0707. The first kappa shape index (κ1) is 17.6. The van der Waals surface area contributed by atoms with Gasteiger partial charge in [-0.15, -0.1) is 11.3 Å². The van der Waals surface area contributed by atoms with Crippen molar-refractivity contribution in [1.29, 1.82) is 0 Å². The van der Waals surface area contributed by atoms with Gasteiger partial charge in [-0.25, -0.2) is 4.98 Å². The normalized spacial score (nSPS) is 10.2. The average Bonchev–Trinajstić information content (AvgIpc) is 2.99. The molecule has 0 saturated carbocycles. The largest absolute Gasteiger partial charge is 0.370 e. The predicted octanol–water partition coefficient (Wildman–Crippen LogP) is 1.62. The fourth-order valence-corrected chi connectivity index (χ4v) is 2.77. The second kappa shape index (κ2) is 8.21.